The van der Waals surface area contributed by atoms with Crippen molar-refractivity contribution in [3.63, 3.8) is 0 Å². The van der Waals surface area contributed by atoms with Crippen LogP contribution in [0.5, 0.6) is 5.88 Å². The van der Waals surface area contributed by atoms with Crippen LogP contribution in [0.4, 0.5) is 14.2 Å². The van der Waals surface area contributed by atoms with Crippen LogP contribution in [0.15, 0.2) is 22.7 Å². The van der Waals surface area contributed by atoms with Gasteiger partial charge < -0.3 is 21.1 Å². The van der Waals surface area contributed by atoms with E-state index in [4.69, 9.17) is 10.5 Å². The van der Waals surface area contributed by atoms with Gasteiger partial charge in [0.05, 0.1) is 0 Å². The molecule has 0 fully saturated rings. The highest BCUT2D eigenvalue weighted by molar-refractivity contribution is 9.10. The molecule has 0 saturated carbocycles. The maximum absolute atomic E-state index is 13.9. The van der Waals surface area contributed by atoms with Crippen LogP contribution in [-0.4, -0.2) is 35.4 Å². The number of nitrogens with two attached hydrogens (primary N) is 1. The lowest BCUT2D eigenvalue weighted by Crippen LogP contribution is -2.37. The summed E-state index contributed by atoms with van der Waals surface area (Å²) in [6.45, 7) is 5.00. The van der Waals surface area contributed by atoms with Crippen LogP contribution < -0.4 is 26.4 Å². The lowest BCUT2D eigenvalue weighted by molar-refractivity contribution is 0.0996. The zero-order chi connectivity index (χ0) is 21.4. The van der Waals surface area contributed by atoms with Crippen molar-refractivity contribution in [1.29, 1.82) is 0 Å². The maximum Gasteiger partial charge on any atom is 0.319 e. The Balaban J connectivity index is 1.97. The first kappa shape index (κ1) is 23.0. The number of anilines is 1. The Bertz CT molecular complexity index is 864. The molecule has 2 rings (SSSR count). The molecule has 0 radical (unpaired) electrons. The zero-order valence-corrected chi connectivity index (χ0v) is 18.5. The minimum Gasteiger partial charge on any atom is -0.471 e. The third kappa shape index (κ3) is 6.94. The summed E-state index contributed by atoms with van der Waals surface area (Å²) in [5.74, 6) is -1.32. The van der Waals surface area contributed by atoms with E-state index < -0.39 is 17.8 Å². The molecule has 8 nitrogen and oxygen atoms in total. The molecule has 5 N–H and O–H groups in total. The summed E-state index contributed by atoms with van der Waals surface area (Å²) in [6.07, 6.45) is 0.988. The second kappa shape index (κ2) is 11.1. The molecule has 1 heterocycles. The number of halogens is 2. The van der Waals surface area contributed by atoms with Gasteiger partial charge in [0.15, 0.2) is 0 Å². The summed E-state index contributed by atoms with van der Waals surface area (Å²) in [5, 5.41) is 8.63. The molecule has 1 aromatic carbocycles. The molecule has 0 aliphatic rings. The lowest BCUT2D eigenvalue weighted by atomic mass is 10.2. The number of carbonyl (C=O) groups excluding carboxylic acids is 2. The van der Waals surface area contributed by atoms with E-state index in [0.717, 1.165) is 18.0 Å². The van der Waals surface area contributed by atoms with Crippen molar-refractivity contribution in [2.75, 3.05) is 18.4 Å². The normalized spacial score (nSPS) is 11.7. The van der Waals surface area contributed by atoms with Crippen molar-refractivity contribution in [3.05, 3.63) is 39.6 Å². The van der Waals surface area contributed by atoms with Gasteiger partial charge in [0, 0.05) is 29.2 Å². The van der Waals surface area contributed by atoms with Crippen molar-refractivity contribution >= 4 is 44.4 Å². The minimum absolute atomic E-state index is 0.0552. The van der Waals surface area contributed by atoms with Gasteiger partial charge in [0.25, 0.3) is 5.91 Å². The number of rotatable bonds is 10. The Hall–Kier alpha value is -2.24. The molecule has 3 amide bonds. The standard InChI is InChI=1S/C18H23BrFN5O3S/c1-3-10(2)22-6-7-23-18(27)24-17-14(15(21)26)16(25-29-17)28-9-11-4-5-12(19)8-13(11)20/h4-5,8,10,22H,3,6-7,9H2,1-2H3,(H2,21,26)(H2,23,24,27). The van der Waals surface area contributed by atoms with Crippen molar-refractivity contribution in [2.24, 2.45) is 5.73 Å². The molecule has 2 aromatic rings. The molecule has 11 heteroatoms. The number of aromatic nitrogens is 1. The van der Waals surface area contributed by atoms with Gasteiger partial charge >= 0.3 is 6.03 Å². The Morgan fingerprint density at radius 2 is 2.14 bits per heavy atom. The third-order valence-electron chi connectivity index (χ3n) is 4.03. The van der Waals surface area contributed by atoms with E-state index in [2.05, 4.69) is 50.1 Å². The topological polar surface area (TPSA) is 118 Å². The van der Waals surface area contributed by atoms with E-state index in [1.807, 2.05) is 0 Å². The number of ether oxygens (including phenoxy) is 1. The monoisotopic (exact) mass is 487 g/mol. The molecule has 0 aliphatic heterocycles. The predicted molar refractivity (Wildman–Crippen MR) is 114 cm³/mol. The first-order chi connectivity index (χ1) is 13.8. The van der Waals surface area contributed by atoms with Crippen molar-refractivity contribution in [3.8, 4) is 5.88 Å². The second-order valence-corrected chi connectivity index (χ2v) is 7.91. The Morgan fingerprint density at radius 1 is 1.38 bits per heavy atom. The van der Waals surface area contributed by atoms with Crippen molar-refractivity contribution < 1.29 is 18.7 Å². The van der Waals surface area contributed by atoms with Gasteiger partial charge in [0.1, 0.15) is 23.0 Å². The summed E-state index contributed by atoms with van der Waals surface area (Å²) < 4.78 is 24.0. The fourth-order valence-corrected chi connectivity index (χ4v) is 3.32. The smallest absolute Gasteiger partial charge is 0.319 e. The van der Waals surface area contributed by atoms with E-state index in [9.17, 15) is 14.0 Å². The highest BCUT2D eigenvalue weighted by atomic mass is 79.9. The molecular weight excluding hydrogens is 465 g/mol. The highest BCUT2D eigenvalue weighted by Crippen LogP contribution is 2.31. The van der Waals surface area contributed by atoms with E-state index >= 15 is 0 Å². The Labute approximate surface area is 180 Å². The summed E-state index contributed by atoms with van der Waals surface area (Å²) in [4.78, 5) is 23.9. The largest absolute Gasteiger partial charge is 0.471 e. The Kier molecular flexibility index (Phi) is 8.80. The van der Waals surface area contributed by atoms with Crippen LogP contribution in [0.1, 0.15) is 36.2 Å². The van der Waals surface area contributed by atoms with Gasteiger partial charge in [-0.15, -0.1) is 0 Å². The van der Waals surface area contributed by atoms with Crippen molar-refractivity contribution in [1.82, 2.24) is 15.0 Å². The van der Waals surface area contributed by atoms with Crippen LogP contribution >= 0.6 is 27.5 Å². The first-order valence-corrected chi connectivity index (χ1v) is 10.5. The molecule has 0 saturated heterocycles. The number of amides is 3. The molecule has 29 heavy (non-hydrogen) atoms. The second-order valence-electron chi connectivity index (χ2n) is 6.22. The number of carbonyl (C=O) groups is 2. The summed E-state index contributed by atoms with van der Waals surface area (Å²) >= 11 is 4.04. The number of primary amides is 1. The molecule has 1 aromatic heterocycles. The summed E-state index contributed by atoms with van der Waals surface area (Å²) in [6, 6.07) is 4.40. The van der Waals surface area contributed by atoms with Gasteiger partial charge in [0.2, 0.25) is 5.88 Å². The Morgan fingerprint density at radius 3 is 2.79 bits per heavy atom. The van der Waals surface area contributed by atoms with Gasteiger partial charge in [-0.05, 0) is 37.0 Å². The van der Waals surface area contributed by atoms with Crippen LogP contribution in [-0.2, 0) is 6.61 Å². The van der Waals surface area contributed by atoms with Gasteiger partial charge in [-0.3, -0.25) is 10.1 Å². The molecule has 158 valence electrons. The van der Waals surface area contributed by atoms with Gasteiger partial charge in [-0.2, -0.15) is 4.37 Å². The number of hydrogen-bond acceptors (Lipinski definition) is 6. The zero-order valence-electron chi connectivity index (χ0n) is 16.1. The highest BCUT2D eigenvalue weighted by Gasteiger charge is 2.22. The number of urea groups is 1. The SMILES string of the molecule is CCC(C)NCCNC(=O)Nc1snc(OCc2ccc(Br)cc2F)c1C(N)=O. The molecule has 1 unspecified atom stereocenters. The number of nitrogens with zero attached hydrogens (tertiary/aromatic N) is 1. The molecular formula is C18H23BrFN5O3S. The fraction of sp³-hybridized carbons (Fsp3) is 0.389. The number of nitrogens with one attached hydrogen (secondary N) is 3. The summed E-state index contributed by atoms with van der Waals surface area (Å²) in [7, 11) is 0. The lowest BCUT2D eigenvalue weighted by Gasteiger charge is -2.12. The van der Waals surface area contributed by atoms with E-state index in [0.29, 0.717) is 23.6 Å². The average Bonchev–Trinajstić information content (AvgIpc) is 3.06. The quantitative estimate of drug-likeness (QED) is 0.383. The average molecular weight is 488 g/mol. The van der Waals surface area contributed by atoms with E-state index in [1.54, 1.807) is 12.1 Å². The van der Waals surface area contributed by atoms with Gasteiger partial charge in [-0.25, -0.2) is 9.18 Å². The predicted octanol–water partition coefficient (Wildman–Crippen LogP) is 3.23. The van der Waals surface area contributed by atoms with Crippen LogP contribution in [0.25, 0.3) is 0 Å². The first-order valence-electron chi connectivity index (χ1n) is 8.96. The van der Waals surface area contributed by atoms with Gasteiger partial charge in [-0.1, -0.05) is 28.9 Å². The van der Waals surface area contributed by atoms with Crippen LogP contribution in [0, 0.1) is 5.82 Å². The molecule has 0 aliphatic carbocycles. The van der Waals surface area contributed by atoms with Crippen molar-refractivity contribution in [2.45, 2.75) is 32.9 Å². The number of benzene rings is 1. The van der Waals surface area contributed by atoms with E-state index in [-0.39, 0.29) is 28.6 Å². The maximum atomic E-state index is 13.9. The molecule has 1 atom stereocenters. The van der Waals surface area contributed by atoms with E-state index in [1.165, 1.54) is 6.07 Å². The third-order valence-corrected chi connectivity index (χ3v) is 5.27. The van der Waals surface area contributed by atoms with Crippen LogP contribution in [0.3, 0.4) is 0 Å². The fourth-order valence-electron chi connectivity index (χ4n) is 2.25. The minimum atomic E-state index is -0.807. The number of hydrogen-bond donors (Lipinski definition) is 4. The van der Waals surface area contributed by atoms with Crippen LogP contribution in [0.2, 0.25) is 0 Å². The molecule has 0 bridgehead atoms. The molecule has 0 spiro atoms. The summed E-state index contributed by atoms with van der Waals surface area (Å²) in [5.41, 5.74) is 5.64.